The second-order valence-corrected chi connectivity index (χ2v) is 6.45. The number of aryl methyl sites for hydroxylation is 2. The Kier molecular flexibility index (Phi) is 5.41. The minimum Gasteiger partial charge on any atom is -0.338 e. The van der Waals surface area contributed by atoms with Crippen LogP contribution in [0.5, 0.6) is 0 Å². The summed E-state index contributed by atoms with van der Waals surface area (Å²) in [7, 11) is 3.80. The molecule has 0 fully saturated rings. The molecule has 136 valence electrons. The summed E-state index contributed by atoms with van der Waals surface area (Å²) in [5.74, 6) is 1.04. The van der Waals surface area contributed by atoms with E-state index in [1.54, 1.807) is 11.1 Å². The van der Waals surface area contributed by atoms with Crippen LogP contribution in [-0.2, 0) is 13.5 Å². The van der Waals surface area contributed by atoms with Crippen LogP contribution in [-0.4, -0.2) is 38.6 Å². The smallest absolute Gasteiger partial charge is 0.321 e. The van der Waals surface area contributed by atoms with Gasteiger partial charge in [0, 0.05) is 63.2 Å². The molecule has 1 aromatic carbocycles. The van der Waals surface area contributed by atoms with Crippen LogP contribution in [0.4, 0.5) is 10.5 Å². The highest BCUT2D eigenvalue weighted by atomic mass is 16.2. The fourth-order valence-corrected chi connectivity index (χ4v) is 2.96. The summed E-state index contributed by atoms with van der Waals surface area (Å²) in [4.78, 5) is 18.5. The van der Waals surface area contributed by atoms with Crippen molar-refractivity contribution < 1.29 is 4.79 Å². The van der Waals surface area contributed by atoms with Gasteiger partial charge in [0.15, 0.2) is 0 Å². The number of benzene rings is 1. The van der Waals surface area contributed by atoms with Crippen LogP contribution in [0.1, 0.15) is 17.8 Å². The van der Waals surface area contributed by atoms with Gasteiger partial charge in [-0.3, -0.25) is 0 Å². The molecular formula is C20H25N5O. The first-order valence-electron chi connectivity index (χ1n) is 8.77. The summed E-state index contributed by atoms with van der Waals surface area (Å²) in [5, 5.41) is 3.02. The molecule has 0 atom stereocenters. The Balaban J connectivity index is 1.59. The fraction of sp³-hybridized carbons (Fsp3) is 0.300. The molecule has 0 aliphatic heterocycles. The van der Waals surface area contributed by atoms with E-state index in [-0.39, 0.29) is 6.03 Å². The minimum absolute atomic E-state index is 0.0994. The van der Waals surface area contributed by atoms with Gasteiger partial charge in [0.2, 0.25) is 0 Å². The summed E-state index contributed by atoms with van der Waals surface area (Å²) < 4.78 is 4.05. The van der Waals surface area contributed by atoms with E-state index in [2.05, 4.69) is 10.3 Å². The van der Waals surface area contributed by atoms with Crippen molar-refractivity contribution in [2.45, 2.75) is 19.8 Å². The van der Waals surface area contributed by atoms with Crippen molar-refractivity contribution in [1.82, 2.24) is 19.0 Å². The lowest BCUT2D eigenvalue weighted by Gasteiger charge is -2.20. The number of rotatable bonds is 6. The number of nitrogens with zero attached hydrogens (tertiary/aromatic N) is 4. The van der Waals surface area contributed by atoms with Crippen LogP contribution >= 0.6 is 0 Å². The highest BCUT2D eigenvalue weighted by Crippen LogP contribution is 2.22. The molecule has 0 saturated heterocycles. The zero-order valence-electron chi connectivity index (χ0n) is 15.5. The lowest BCUT2D eigenvalue weighted by molar-refractivity contribution is 0.222. The third kappa shape index (κ3) is 3.96. The first-order chi connectivity index (χ1) is 12.6. The van der Waals surface area contributed by atoms with Crippen molar-refractivity contribution in [3.05, 3.63) is 66.5 Å². The Bertz CT molecular complexity index is 866. The number of hydrogen-bond acceptors (Lipinski definition) is 2. The molecule has 2 heterocycles. The van der Waals surface area contributed by atoms with Crippen LogP contribution in [0.2, 0.25) is 0 Å². The normalized spacial score (nSPS) is 10.7. The number of nitrogens with one attached hydrogen (secondary N) is 1. The molecule has 0 spiro atoms. The van der Waals surface area contributed by atoms with Gasteiger partial charge in [-0.05, 0) is 43.2 Å². The van der Waals surface area contributed by atoms with E-state index >= 15 is 0 Å². The molecule has 1 N–H and O–H groups in total. The van der Waals surface area contributed by atoms with Crippen LogP contribution in [0.25, 0.3) is 5.69 Å². The van der Waals surface area contributed by atoms with E-state index in [1.165, 1.54) is 0 Å². The number of imidazole rings is 1. The molecule has 0 saturated carbocycles. The van der Waals surface area contributed by atoms with E-state index in [0.717, 1.165) is 35.6 Å². The largest absolute Gasteiger partial charge is 0.338 e. The molecule has 26 heavy (non-hydrogen) atoms. The van der Waals surface area contributed by atoms with Gasteiger partial charge in [0.25, 0.3) is 0 Å². The maximum absolute atomic E-state index is 12.5. The summed E-state index contributed by atoms with van der Waals surface area (Å²) in [6.45, 7) is 2.70. The maximum Gasteiger partial charge on any atom is 0.321 e. The van der Waals surface area contributed by atoms with Crippen LogP contribution in [0, 0.1) is 6.92 Å². The summed E-state index contributed by atoms with van der Waals surface area (Å²) in [5.41, 5.74) is 2.93. The molecule has 2 amide bonds. The van der Waals surface area contributed by atoms with Gasteiger partial charge in [0.1, 0.15) is 5.82 Å². The lowest BCUT2D eigenvalue weighted by atomic mass is 10.1. The van der Waals surface area contributed by atoms with Crippen LogP contribution in [0.15, 0.2) is 55.1 Å². The molecule has 0 radical (unpaired) electrons. The highest BCUT2D eigenvalue weighted by molar-refractivity contribution is 5.90. The molecule has 0 aliphatic carbocycles. The van der Waals surface area contributed by atoms with E-state index in [4.69, 9.17) is 0 Å². The molecule has 3 rings (SSSR count). The monoisotopic (exact) mass is 351 g/mol. The molecule has 0 bridgehead atoms. The van der Waals surface area contributed by atoms with Crippen LogP contribution < -0.4 is 5.32 Å². The van der Waals surface area contributed by atoms with Gasteiger partial charge in [-0.15, -0.1) is 0 Å². The van der Waals surface area contributed by atoms with E-state index in [9.17, 15) is 4.79 Å². The van der Waals surface area contributed by atoms with Gasteiger partial charge < -0.3 is 19.4 Å². The molecular weight excluding hydrogens is 326 g/mol. The topological polar surface area (TPSA) is 55.1 Å². The standard InChI is InChI=1S/C20H25N5O/c1-16-17(8-6-9-18(16)25-13-4-5-14-25)22-20(26)24(3)12-7-10-19-21-11-15-23(19)2/h4-6,8-9,11,13-15H,7,10,12H2,1-3H3,(H,22,26). The first-order valence-corrected chi connectivity index (χ1v) is 8.77. The predicted molar refractivity (Wildman–Crippen MR) is 104 cm³/mol. The number of carbonyl (C=O) groups excluding carboxylic acids is 1. The van der Waals surface area contributed by atoms with Crippen molar-refractivity contribution in [1.29, 1.82) is 0 Å². The molecule has 6 heteroatoms. The Labute approximate surface area is 154 Å². The zero-order valence-corrected chi connectivity index (χ0v) is 15.5. The maximum atomic E-state index is 12.5. The average molecular weight is 351 g/mol. The number of carbonyl (C=O) groups is 1. The third-order valence-electron chi connectivity index (χ3n) is 4.59. The zero-order chi connectivity index (χ0) is 18.5. The van der Waals surface area contributed by atoms with Crippen molar-refractivity contribution >= 4 is 11.7 Å². The summed E-state index contributed by atoms with van der Waals surface area (Å²) in [6.07, 6.45) is 9.45. The van der Waals surface area contributed by atoms with Gasteiger partial charge in [0.05, 0.1) is 0 Å². The van der Waals surface area contributed by atoms with E-state index in [0.29, 0.717) is 6.54 Å². The second kappa shape index (κ2) is 7.91. The Hall–Kier alpha value is -3.02. The summed E-state index contributed by atoms with van der Waals surface area (Å²) >= 11 is 0. The van der Waals surface area contributed by atoms with Crippen molar-refractivity contribution in [3.8, 4) is 5.69 Å². The number of anilines is 1. The highest BCUT2D eigenvalue weighted by Gasteiger charge is 2.12. The molecule has 0 unspecified atom stereocenters. The third-order valence-corrected chi connectivity index (χ3v) is 4.59. The van der Waals surface area contributed by atoms with Gasteiger partial charge in [-0.25, -0.2) is 9.78 Å². The Morgan fingerprint density at radius 2 is 1.96 bits per heavy atom. The number of amides is 2. The van der Waals surface area contributed by atoms with Crippen molar-refractivity contribution in [2.24, 2.45) is 7.05 Å². The lowest BCUT2D eigenvalue weighted by Crippen LogP contribution is -2.32. The van der Waals surface area contributed by atoms with Crippen molar-refractivity contribution in [2.75, 3.05) is 18.9 Å². The summed E-state index contributed by atoms with van der Waals surface area (Å²) in [6, 6.07) is 9.81. The molecule has 3 aromatic rings. The predicted octanol–water partition coefficient (Wildman–Crippen LogP) is 3.62. The fourth-order valence-electron chi connectivity index (χ4n) is 2.96. The van der Waals surface area contributed by atoms with Gasteiger partial charge >= 0.3 is 6.03 Å². The number of hydrogen-bond donors (Lipinski definition) is 1. The van der Waals surface area contributed by atoms with E-state index in [1.807, 2.05) is 79.1 Å². The SMILES string of the molecule is Cc1c(NC(=O)N(C)CCCc2nccn2C)cccc1-n1cccc1. The van der Waals surface area contributed by atoms with E-state index < -0.39 is 0 Å². The second-order valence-electron chi connectivity index (χ2n) is 6.45. The average Bonchev–Trinajstić information content (AvgIpc) is 3.29. The number of urea groups is 1. The minimum atomic E-state index is -0.0994. The Morgan fingerprint density at radius 3 is 2.65 bits per heavy atom. The quantitative estimate of drug-likeness (QED) is 0.737. The first kappa shape index (κ1) is 17.8. The molecule has 2 aromatic heterocycles. The van der Waals surface area contributed by atoms with Gasteiger partial charge in [-0.1, -0.05) is 6.07 Å². The van der Waals surface area contributed by atoms with Crippen LogP contribution in [0.3, 0.4) is 0 Å². The Morgan fingerprint density at radius 1 is 1.19 bits per heavy atom. The molecule has 6 nitrogen and oxygen atoms in total. The molecule has 0 aliphatic rings. The van der Waals surface area contributed by atoms with Gasteiger partial charge in [-0.2, -0.15) is 0 Å². The van der Waals surface area contributed by atoms with Crippen molar-refractivity contribution in [3.63, 3.8) is 0 Å². The number of aromatic nitrogens is 3.